The third-order valence-electron chi connectivity index (χ3n) is 4.53. The summed E-state index contributed by atoms with van der Waals surface area (Å²) in [6.45, 7) is 18.9. The van der Waals surface area contributed by atoms with Gasteiger partial charge in [-0.05, 0) is 45.8 Å². The van der Waals surface area contributed by atoms with Crippen LogP contribution in [0.25, 0.3) is 0 Å². The van der Waals surface area contributed by atoms with Crippen molar-refractivity contribution < 1.29 is 23.3 Å². The Morgan fingerprint density at radius 2 is 1.92 bits per heavy atom. The van der Waals surface area contributed by atoms with Crippen molar-refractivity contribution in [3.05, 3.63) is 12.1 Å². The molecule has 1 heterocycles. The molecule has 1 fully saturated rings. The minimum atomic E-state index is -1.77. The van der Waals surface area contributed by atoms with Gasteiger partial charge < -0.3 is 18.5 Å². The second kappa shape index (κ2) is 7.72. The lowest BCUT2D eigenvalue weighted by Crippen LogP contribution is -2.41. The van der Waals surface area contributed by atoms with E-state index in [2.05, 4.69) is 33.9 Å². The first-order valence-corrected chi connectivity index (χ1v) is 11.5. The van der Waals surface area contributed by atoms with Crippen LogP contribution in [0.2, 0.25) is 18.1 Å². The maximum atomic E-state index is 12.1. The highest BCUT2D eigenvalue weighted by atomic mass is 28.4. The van der Waals surface area contributed by atoms with Gasteiger partial charge >= 0.3 is 13.1 Å². The summed E-state index contributed by atoms with van der Waals surface area (Å²) in [5.74, 6) is 1.42. The number of carbonyl (C=O) groups is 1. The van der Waals surface area contributed by atoms with Gasteiger partial charge in [0, 0.05) is 0 Å². The lowest BCUT2D eigenvalue weighted by Gasteiger charge is -2.35. The normalized spacial score (nSPS) is 21.8. The minimum Gasteiger partial charge on any atom is -0.461 e. The molecule has 0 aromatic carbocycles. The largest absolute Gasteiger partial charge is 0.487 e. The Morgan fingerprint density at radius 3 is 2.42 bits per heavy atom. The summed E-state index contributed by atoms with van der Waals surface area (Å²) in [6, 6.07) is 0. The number of ether oxygens (including phenoxy) is 1. The van der Waals surface area contributed by atoms with E-state index in [0.29, 0.717) is 6.61 Å². The van der Waals surface area contributed by atoms with Crippen LogP contribution in [-0.2, 0) is 23.3 Å². The maximum Gasteiger partial charge on any atom is 0.487 e. The smallest absolute Gasteiger partial charge is 0.461 e. The molecule has 1 atom stereocenters. The average Bonchev–Trinajstić information content (AvgIpc) is 2.67. The Morgan fingerprint density at radius 1 is 1.33 bits per heavy atom. The third kappa shape index (κ3) is 5.72. The molecule has 0 aliphatic carbocycles. The molecule has 0 amide bonds. The first-order valence-electron chi connectivity index (χ1n) is 8.60. The summed E-state index contributed by atoms with van der Waals surface area (Å²) < 4.78 is 22.8. The summed E-state index contributed by atoms with van der Waals surface area (Å²) in [7, 11) is -2.33. The van der Waals surface area contributed by atoms with Crippen molar-refractivity contribution in [3.63, 3.8) is 0 Å². The first-order chi connectivity index (χ1) is 10.8. The summed E-state index contributed by atoms with van der Waals surface area (Å²) in [4.78, 5) is 12.1. The van der Waals surface area contributed by atoms with Crippen molar-refractivity contribution in [1.29, 1.82) is 0 Å². The molecule has 0 radical (unpaired) electrons. The highest BCUT2D eigenvalue weighted by Gasteiger charge is 2.49. The van der Waals surface area contributed by atoms with Crippen LogP contribution in [0.5, 0.6) is 0 Å². The fourth-order valence-corrected chi connectivity index (χ4v) is 2.99. The molecule has 1 aliphatic rings. The number of carbonyl (C=O) groups excluding carboxylic acids is 1. The van der Waals surface area contributed by atoms with E-state index in [1.54, 1.807) is 5.98 Å². The first kappa shape index (κ1) is 21.4. The van der Waals surface area contributed by atoms with Crippen LogP contribution in [0.3, 0.4) is 0 Å². The van der Waals surface area contributed by atoms with Crippen LogP contribution in [0.15, 0.2) is 12.1 Å². The molecule has 1 aliphatic heterocycles. The summed E-state index contributed by atoms with van der Waals surface area (Å²) in [6.07, 6.45) is 0.998. The molecule has 0 bridgehead atoms. The Labute approximate surface area is 148 Å². The molecule has 0 N–H and O–H groups in total. The monoisotopic (exact) mass is 356 g/mol. The van der Waals surface area contributed by atoms with E-state index in [4.69, 9.17) is 18.5 Å². The standard InChI is InChI=1S/C17H33BO5Si/c1-13(2)21-15(19)14-17(6,7)23-18(22-14)11-10-12-20-24(8,9)16(3,4)5/h10-11,13-14H,12H2,1-9H3/b11-10+/t14-/m0/s1. The average molecular weight is 356 g/mol. The van der Waals surface area contributed by atoms with Gasteiger partial charge in [-0.3, -0.25) is 0 Å². The van der Waals surface area contributed by atoms with Gasteiger partial charge in [0.2, 0.25) is 0 Å². The molecule has 7 heteroatoms. The minimum absolute atomic E-state index is 0.175. The molecular weight excluding hydrogens is 323 g/mol. The zero-order chi connectivity index (χ0) is 18.8. The molecule has 0 saturated carbocycles. The molecule has 0 aromatic rings. The van der Waals surface area contributed by atoms with Gasteiger partial charge in [-0.1, -0.05) is 32.8 Å². The fourth-order valence-electron chi connectivity index (χ4n) is 2.04. The van der Waals surface area contributed by atoms with Crippen molar-refractivity contribution in [1.82, 2.24) is 0 Å². The van der Waals surface area contributed by atoms with Gasteiger partial charge in [0.1, 0.15) is 0 Å². The predicted molar refractivity (Wildman–Crippen MR) is 99.3 cm³/mol. The molecule has 0 spiro atoms. The molecule has 0 unspecified atom stereocenters. The quantitative estimate of drug-likeness (QED) is 0.536. The summed E-state index contributed by atoms with van der Waals surface area (Å²) >= 11 is 0. The van der Waals surface area contributed by atoms with Gasteiger partial charge in [0.05, 0.1) is 18.3 Å². The van der Waals surface area contributed by atoms with Crippen LogP contribution in [-0.4, -0.2) is 45.8 Å². The van der Waals surface area contributed by atoms with Gasteiger partial charge in [0.25, 0.3) is 0 Å². The van der Waals surface area contributed by atoms with E-state index < -0.39 is 27.1 Å². The van der Waals surface area contributed by atoms with E-state index in [1.165, 1.54) is 0 Å². The zero-order valence-electron chi connectivity index (χ0n) is 16.6. The number of rotatable bonds is 6. The van der Waals surface area contributed by atoms with Gasteiger partial charge in [0.15, 0.2) is 14.4 Å². The topological polar surface area (TPSA) is 54.0 Å². The molecule has 1 saturated heterocycles. The molecular formula is C17H33BO5Si. The predicted octanol–water partition coefficient (Wildman–Crippen LogP) is 3.74. The van der Waals surface area contributed by atoms with Gasteiger partial charge in [-0.2, -0.15) is 0 Å². The van der Waals surface area contributed by atoms with E-state index in [1.807, 2.05) is 33.8 Å². The van der Waals surface area contributed by atoms with Gasteiger partial charge in [-0.25, -0.2) is 4.79 Å². The van der Waals surface area contributed by atoms with Crippen molar-refractivity contribution in [2.24, 2.45) is 0 Å². The lowest BCUT2D eigenvalue weighted by molar-refractivity contribution is -0.159. The Balaban J connectivity index is 2.57. The molecule has 138 valence electrons. The third-order valence-corrected chi connectivity index (χ3v) is 9.03. The Kier molecular flexibility index (Phi) is 6.89. The lowest BCUT2D eigenvalue weighted by atomic mass is 9.90. The van der Waals surface area contributed by atoms with E-state index in [0.717, 1.165) is 0 Å². The fraction of sp³-hybridized carbons (Fsp3) is 0.824. The van der Waals surface area contributed by atoms with Crippen molar-refractivity contribution in [3.8, 4) is 0 Å². The van der Waals surface area contributed by atoms with E-state index >= 15 is 0 Å². The number of hydrogen-bond acceptors (Lipinski definition) is 5. The summed E-state index contributed by atoms with van der Waals surface area (Å²) in [5, 5.41) is 0.175. The van der Waals surface area contributed by atoms with Crippen LogP contribution in [0.4, 0.5) is 0 Å². The Hall–Kier alpha value is -0.628. The van der Waals surface area contributed by atoms with Crippen LogP contribution < -0.4 is 0 Å². The highest BCUT2D eigenvalue weighted by Crippen LogP contribution is 2.36. The van der Waals surface area contributed by atoms with Crippen molar-refractivity contribution in [2.45, 2.75) is 84.4 Å². The van der Waals surface area contributed by atoms with Crippen molar-refractivity contribution in [2.75, 3.05) is 6.61 Å². The molecule has 1 rings (SSSR count). The molecule has 24 heavy (non-hydrogen) atoms. The van der Waals surface area contributed by atoms with Crippen LogP contribution in [0.1, 0.15) is 48.5 Å². The summed E-state index contributed by atoms with van der Waals surface area (Å²) in [5.41, 5.74) is -0.721. The second-order valence-electron chi connectivity index (χ2n) is 8.59. The van der Waals surface area contributed by atoms with Crippen LogP contribution >= 0.6 is 0 Å². The maximum absolute atomic E-state index is 12.1. The van der Waals surface area contributed by atoms with Gasteiger partial charge in [-0.15, -0.1) is 0 Å². The second-order valence-corrected chi connectivity index (χ2v) is 13.4. The molecule has 0 aromatic heterocycles. The number of hydrogen-bond donors (Lipinski definition) is 0. The number of esters is 1. The van der Waals surface area contributed by atoms with Crippen molar-refractivity contribution >= 4 is 21.4 Å². The highest BCUT2D eigenvalue weighted by molar-refractivity contribution is 6.74. The zero-order valence-corrected chi connectivity index (χ0v) is 17.6. The SMILES string of the molecule is CC(C)OC(=O)[C@@H]1OB(/C=C/CO[Si](C)(C)C(C)(C)C)OC1(C)C. The molecule has 5 nitrogen and oxygen atoms in total. The van der Waals surface area contributed by atoms with Crippen LogP contribution in [0, 0.1) is 0 Å². The van der Waals surface area contributed by atoms with E-state index in [9.17, 15) is 4.79 Å². The van der Waals surface area contributed by atoms with E-state index in [-0.39, 0.29) is 17.1 Å². The Bertz CT molecular complexity index is 468.